The molecule has 0 aliphatic heterocycles. The van der Waals surface area contributed by atoms with Crippen molar-refractivity contribution in [2.75, 3.05) is 0 Å². The Kier molecular flexibility index (Phi) is 9.24. The molecule has 4 N–H and O–H groups in total. The number of hydrogen-bond donors (Lipinski definition) is 4. The van der Waals surface area contributed by atoms with E-state index in [0.29, 0.717) is 12.8 Å². The van der Waals surface area contributed by atoms with Crippen LogP contribution in [0.25, 0.3) is 0 Å². The summed E-state index contributed by atoms with van der Waals surface area (Å²) in [6, 6.07) is 0. The molecule has 5 nitrogen and oxygen atoms in total. The molecule has 29 heavy (non-hydrogen) atoms. The Balaban J connectivity index is 2.77. The van der Waals surface area contributed by atoms with Crippen LogP contribution in [0.4, 0.5) is 0 Å². The highest BCUT2D eigenvalue weighted by atomic mass is 35.5. The third kappa shape index (κ3) is 7.41. The molecule has 0 saturated heterocycles. The quantitative estimate of drug-likeness (QED) is 0.350. The number of phenols is 2. The van der Waals surface area contributed by atoms with E-state index in [1.807, 2.05) is 33.8 Å². The van der Waals surface area contributed by atoms with E-state index >= 15 is 0 Å². The average Bonchev–Trinajstić information content (AvgIpc) is 2.58. The van der Waals surface area contributed by atoms with Gasteiger partial charge < -0.3 is 20.4 Å². The molecule has 0 saturated carbocycles. The molecule has 1 atom stereocenters. The molecular weight excluding hydrogens is 392 g/mol. The normalized spacial score (nSPS) is 13.8. The van der Waals surface area contributed by atoms with Crippen molar-refractivity contribution in [3.8, 4) is 11.5 Å². The van der Waals surface area contributed by atoms with Crippen LogP contribution in [-0.2, 0) is 6.42 Å². The summed E-state index contributed by atoms with van der Waals surface area (Å²) in [5.41, 5.74) is 1.50. The second-order valence-electron chi connectivity index (χ2n) is 8.22. The molecule has 0 fully saturated rings. The van der Waals surface area contributed by atoms with Gasteiger partial charge >= 0.3 is 5.97 Å². The molecule has 1 rings (SSSR count). The summed E-state index contributed by atoms with van der Waals surface area (Å²) in [6.45, 7) is 9.31. The number of halogens is 1. The van der Waals surface area contributed by atoms with Gasteiger partial charge in [0.15, 0.2) is 0 Å². The van der Waals surface area contributed by atoms with Crippen molar-refractivity contribution in [1.29, 1.82) is 0 Å². The molecule has 0 amide bonds. The number of aromatic carboxylic acids is 1. The number of carboxylic acid groups (broad SMARTS) is 1. The molecule has 162 valence electrons. The molecule has 6 heteroatoms. The Bertz CT molecular complexity index is 802. The van der Waals surface area contributed by atoms with Crippen molar-refractivity contribution in [2.45, 2.75) is 78.7 Å². The van der Waals surface area contributed by atoms with Gasteiger partial charge in [-0.3, -0.25) is 0 Å². The van der Waals surface area contributed by atoms with Crippen LogP contribution >= 0.6 is 11.6 Å². The number of benzene rings is 1. The van der Waals surface area contributed by atoms with Gasteiger partial charge in [-0.25, -0.2) is 4.79 Å². The Labute approximate surface area is 178 Å². The highest BCUT2D eigenvalue weighted by molar-refractivity contribution is 6.33. The molecule has 0 bridgehead atoms. The lowest BCUT2D eigenvalue weighted by molar-refractivity contribution is 0.0410. The molecule has 0 aliphatic rings. The molecule has 0 heterocycles. The van der Waals surface area contributed by atoms with Crippen molar-refractivity contribution >= 4 is 17.6 Å². The van der Waals surface area contributed by atoms with Crippen molar-refractivity contribution in [3.05, 3.63) is 45.0 Å². The lowest BCUT2D eigenvalue weighted by atomic mass is 9.92. The summed E-state index contributed by atoms with van der Waals surface area (Å²) in [6.07, 6.45) is 7.92. The van der Waals surface area contributed by atoms with Gasteiger partial charge in [-0.1, -0.05) is 34.9 Å². The molecule has 0 spiro atoms. The van der Waals surface area contributed by atoms with E-state index in [-0.39, 0.29) is 33.9 Å². The summed E-state index contributed by atoms with van der Waals surface area (Å²) in [7, 11) is 0. The zero-order chi connectivity index (χ0) is 22.4. The summed E-state index contributed by atoms with van der Waals surface area (Å²) in [5, 5.41) is 40.2. The smallest absolute Gasteiger partial charge is 0.339 e. The lowest BCUT2D eigenvalue weighted by Crippen LogP contribution is -2.23. The SMILES string of the molecule is CC(C)=CCC[C@@](C)(O)CCC/C(C)=C/Cc1c(O)c(Cl)c(C)c(C(=O)O)c1O. The van der Waals surface area contributed by atoms with Gasteiger partial charge in [0.1, 0.15) is 17.1 Å². The number of phenolic OH excluding ortho intramolecular Hbond substituents is 1. The largest absolute Gasteiger partial charge is 0.507 e. The van der Waals surface area contributed by atoms with Gasteiger partial charge in [-0.2, -0.15) is 0 Å². The fraction of sp³-hybridized carbons (Fsp3) is 0.522. The molecule has 1 aromatic carbocycles. The predicted octanol–water partition coefficient (Wildman–Crippen LogP) is 5.91. The van der Waals surface area contributed by atoms with E-state index in [2.05, 4.69) is 6.08 Å². The fourth-order valence-electron chi connectivity index (χ4n) is 3.24. The minimum atomic E-state index is -1.29. The first kappa shape index (κ1) is 25.1. The minimum absolute atomic E-state index is 0.0614. The standard InChI is InChI=1S/C23H33ClO5/c1-14(2)8-6-12-23(5,29)13-7-9-15(3)10-11-17-20(25)18(22(27)28)16(4)19(24)21(17)26/h8,10,25-26,29H,6-7,9,11-13H2,1-5H3,(H,27,28)/b15-10+/t23-/m1/s1. The second kappa shape index (κ2) is 10.7. The second-order valence-corrected chi connectivity index (χ2v) is 8.60. The van der Waals surface area contributed by atoms with Crippen LogP contribution in [0.2, 0.25) is 5.02 Å². The Hall–Kier alpha value is -1.98. The number of hydrogen-bond acceptors (Lipinski definition) is 4. The van der Waals surface area contributed by atoms with E-state index in [9.17, 15) is 25.2 Å². The Morgan fingerprint density at radius 1 is 1.10 bits per heavy atom. The van der Waals surface area contributed by atoms with E-state index in [1.54, 1.807) is 0 Å². The molecule has 0 aromatic heterocycles. The number of carbonyl (C=O) groups is 1. The predicted molar refractivity (Wildman–Crippen MR) is 117 cm³/mol. The van der Waals surface area contributed by atoms with Gasteiger partial charge in [0.2, 0.25) is 0 Å². The monoisotopic (exact) mass is 424 g/mol. The average molecular weight is 425 g/mol. The highest BCUT2D eigenvalue weighted by Gasteiger charge is 2.24. The third-order valence-electron chi connectivity index (χ3n) is 5.11. The summed E-state index contributed by atoms with van der Waals surface area (Å²) < 4.78 is 0. The van der Waals surface area contributed by atoms with Crippen LogP contribution in [-0.4, -0.2) is 32.0 Å². The van der Waals surface area contributed by atoms with Gasteiger partial charge in [-0.15, -0.1) is 0 Å². The van der Waals surface area contributed by atoms with Crippen LogP contribution in [0.1, 0.15) is 81.3 Å². The van der Waals surface area contributed by atoms with Crippen molar-refractivity contribution in [3.63, 3.8) is 0 Å². The first-order valence-corrected chi connectivity index (χ1v) is 10.2. The number of carboxylic acids is 1. The van der Waals surface area contributed by atoms with Crippen LogP contribution < -0.4 is 0 Å². The zero-order valence-corrected chi connectivity index (χ0v) is 18.7. The van der Waals surface area contributed by atoms with E-state index in [0.717, 1.165) is 24.8 Å². The van der Waals surface area contributed by atoms with Crippen LogP contribution in [0, 0.1) is 6.92 Å². The van der Waals surface area contributed by atoms with Crippen molar-refractivity contribution < 1.29 is 25.2 Å². The molecule has 0 aliphatic carbocycles. The maximum Gasteiger partial charge on any atom is 0.339 e. The molecule has 0 unspecified atom stereocenters. The Morgan fingerprint density at radius 3 is 2.28 bits per heavy atom. The maximum absolute atomic E-state index is 11.4. The van der Waals surface area contributed by atoms with E-state index in [1.165, 1.54) is 12.5 Å². The van der Waals surface area contributed by atoms with Crippen LogP contribution in [0.3, 0.4) is 0 Å². The van der Waals surface area contributed by atoms with Crippen LogP contribution in [0.5, 0.6) is 11.5 Å². The maximum atomic E-state index is 11.4. The number of aliphatic hydroxyl groups is 1. The van der Waals surface area contributed by atoms with Gasteiger partial charge in [0.05, 0.1) is 10.6 Å². The molecule has 0 radical (unpaired) electrons. The number of allylic oxidation sites excluding steroid dienone is 4. The summed E-state index contributed by atoms with van der Waals surface area (Å²) in [5.74, 6) is -2.04. The summed E-state index contributed by atoms with van der Waals surface area (Å²) >= 11 is 6.04. The minimum Gasteiger partial charge on any atom is -0.507 e. The van der Waals surface area contributed by atoms with E-state index in [4.69, 9.17) is 11.6 Å². The molecular formula is C23H33ClO5. The fourth-order valence-corrected chi connectivity index (χ4v) is 3.45. The number of rotatable bonds is 10. The first-order chi connectivity index (χ1) is 13.4. The van der Waals surface area contributed by atoms with Crippen molar-refractivity contribution in [1.82, 2.24) is 0 Å². The Morgan fingerprint density at radius 2 is 1.72 bits per heavy atom. The van der Waals surface area contributed by atoms with Gasteiger partial charge in [0, 0.05) is 5.56 Å². The number of aromatic hydroxyl groups is 2. The first-order valence-electron chi connectivity index (χ1n) is 9.85. The third-order valence-corrected chi connectivity index (χ3v) is 5.57. The molecule has 1 aromatic rings. The van der Waals surface area contributed by atoms with Gasteiger partial charge in [-0.05, 0) is 78.7 Å². The van der Waals surface area contributed by atoms with Crippen molar-refractivity contribution in [2.24, 2.45) is 0 Å². The lowest BCUT2D eigenvalue weighted by Gasteiger charge is -2.22. The van der Waals surface area contributed by atoms with Gasteiger partial charge in [0.25, 0.3) is 0 Å². The van der Waals surface area contributed by atoms with Crippen LogP contribution in [0.15, 0.2) is 23.3 Å². The summed E-state index contributed by atoms with van der Waals surface area (Å²) in [4.78, 5) is 11.4. The highest BCUT2D eigenvalue weighted by Crippen LogP contribution is 2.41. The van der Waals surface area contributed by atoms with E-state index < -0.39 is 17.3 Å². The topological polar surface area (TPSA) is 98.0 Å². The zero-order valence-electron chi connectivity index (χ0n) is 18.0.